The molecule has 9 atom stereocenters. The van der Waals surface area contributed by atoms with E-state index in [2.05, 4.69) is 59.8 Å². The number of fused-ring (bicyclic) bond motifs is 5. The van der Waals surface area contributed by atoms with Gasteiger partial charge in [-0.15, -0.1) is 0 Å². The van der Waals surface area contributed by atoms with E-state index in [-0.39, 0.29) is 12.1 Å². The molecule has 4 rings (SSSR count). The van der Waals surface area contributed by atoms with Gasteiger partial charge in [-0.1, -0.05) is 142 Å². The quantitative estimate of drug-likeness (QED) is 0.0654. The molecule has 0 N–H and O–H groups in total. The number of carbonyl (C=O) groups is 1. The molecule has 0 bridgehead atoms. The van der Waals surface area contributed by atoms with Gasteiger partial charge in [0.15, 0.2) is 0 Å². The summed E-state index contributed by atoms with van der Waals surface area (Å²) in [5, 5.41) is 0. The first-order chi connectivity index (χ1) is 23.2. The van der Waals surface area contributed by atoms with Crippen molar-refractivity contribution in [3.63, 3.8) is 0 Å². The second-order valence-corrected chi connectivity index (χ2v) is 18.1. The largest absolute Gasteiger partial charge is 0.462 e. The van der Waals surface area contributed by atoms with Gasteiger partial charge < -0.3 is 4.74 Å². The van der Waals surface area contributed by atoms with Crippen molar-refractivity contribution in [3.05, 3.63) is 23.8 Å². The van der Waals surface area contributed by atoms with Crippen molar-refractivity contribution in [2.24, 2.45) is 46.3 Å². The molecule has 2 nitrogen and oxygen atoms in total. The molecule has 4 aliphatic rings. The van der Waals surface area contributed by atoms with Crippen LogP contribution in [-0.4, -0.2) is 12.1 Å². The fraction of sp³-hybridized carbons (Fsp3) is 0.891. The number of unbranched alkanes of at least 4 members (excludes halogenated alkanes) is 11. The fourth-order valence-electron chi connectivity index (χ4n) is 11.5. The predicted octanol–water partition coefficient (Wildman–Crippen LogP) is 14.4. The Morgan fingerprint density at radius 3 is 2.21 bits per heavy atom. The number of allylic oxidation sites excluding steroid dienone is 3. The third-order valence-corrected chi connectivity index (χ3v) is 14.8. The standard InChI is InChI=1S/C46H80O2/c1-7-9-10-11-12-13-14-15-16-17-18-19-20-21-22-26-44(47)48-39-31-33-45(5)38(35-39)27-28-40-42-30-29-41(46(42,6)34-32-43(40)45)37(4)25-23-24-36(3)8-2/h15-16,27,36-37,39-43H,7-14,17-26,28-35H2,1-6H3/b16-15-/t36?,37-,39+,40+,41-,42+,43+,45+,46-/m1/s1. The fourth-order valence-corrected chi connectivity index (χ4v) is 11.5. The Labute approximate surface area is 299 Å². The lowest BCUT2D eigenvalue weighted by atomic mass is 9.47. The first kappa shape index (κ1) is 39.7. The van der Waals surface area contributed by atoms with Crippen molar-refractivity contribution < 1.29 is 9.53 Å². The van der Waals surface area contributed by atoms with Gasteiger partial charge in [0.05, 0.1) is 0 Å². The van der Waals surface area contributed by atoms with E-state index >= 15 is 0 Å². The van der Waals surface area contributed by atoms with Crippen LogP contribution in [0.2, 0.25) is 0 Å². The Morgan fingerprint density at radius 1 is 0.812 bits per heavy atom. The van der Waals surface area contributed by atoms with Crippen LogP contribution in [0.15, 0.2) is 23.8 Å². The minimum atomic E-state index is 0.0548. The van der Waals surface area contributed by atoms with Crippen molar-refractivity contribution in [1.82, 2.24) is 0 Å². The smallest absolute Gasteiger partial charge is 0.306 e. The van der Waals surface area contributed by atoms with E-state index in [0.717, 1.165) is 61.2 Å². The summed E-state index contributed by atoms with van der Waals surface area (Å²) in [5.74, 6) is 5.36. The van der Waals surface area contributed by atoms with Crippen LogP contribution in [-0.2, 0) is 9.53 Å². The third-order valence-electron chi connectivity index (χ3n) is 14.8. The molecule has 0 amide bonds. The molecule has 48 heavy (non-hydrogen) atoms. The minimum absolute atomic E-state index is 0.0548. The van der Waals surface area contributed by atoms with Crippen LogP contribution in [0.5, 0.6) is 0 Å². The van der Waals surface area contributed by atoms with Gasteiger partial charge in [-0.3, -0.25) is 4.79 Å². The van der Waals surface area contributed by atoms with E-state index in [0.29, 0.717) is 17.3 Å². The number of rotatable bonds is 22. The summed E-state index contributed by atoms with van der Waals surface area (Å²) >= 11 is 0. The van der Waals surface area contributed by atoms with Crippen molar-refractivity contribution in [1.29, 1.82) is 0 Å². The Kier molecular flexibility index (Phi) is 16.6. The zero-order valence-electron chi connectivity index (χ0n) is 33.0. The highest BCUT2D eigenvalue weighted by Gasteiger charge is 2.59. The van der Waals surface area contributed by atoms with Gasteiger partial charge in [0.25, 0.3) is 0 Å². The molecule has 0 aromatic heterocycles. The number of ether oxygens (including phenoxy) is 1. The molecular weight excluding hydrogens is 585 g/mol. The molecule has 0 aromatic carbocycles. The Hall–Kier alpha value is -1.05. The summed E-state index contributed by atoms with van der Waals surface area (Å²) in [6.45, 7) is 15.0. The highest BCUT2D eigenvalue weighted by atomic mass is 16.5. The maximum atomic E-state index is 12.8. The molecule has 276 valence electrons. The lowest BCUT2D eigenvalue weighted by Gasteiger charge is -2.58. The van der Waals surface area contributed by atoms with Crippen LogP contribution >= 0.6 is 0 Å². The molecule has 0 spiro atoms. The first-order valence-electron chi connectivity index (χ1n) is 21.8. The molecule has 3 fully saturated rings. The number of hydrogen-bond donors (Lipinski definition) is 0. The van der Waals surface area contributed by atoms with Gasteiger partial charge >= 0.3 is 5.97 Å². The molecule has 0 aromatic rings. The van der Waals surface area contributed by atoms with Crippen molar-refractivity contribution in [3.8, 4) is 0 Å². The van der Waals surface area contributed by atoms with Crippen LogP contribution in [0.3, 0.4) is 0 Å². The van der Waals surface area contributed by atoms with E-state index in [4.69, 9.17) is 4.74 Å². The summed E-state index contributed by atoms with van der Waals surface area (Å²) < 4.78 is 6.13. The first-order valence-corrected chi connectivity index (χ1v) is 21.8. The van der Waals surface area contributed by atoms with Crippen LogP contribution in [0.4, 0.5) is 0 Å². The summed E-state index contributed by atoms with van der Waals surface area (Å²) in [6.07, 6.45) is 40.8. The van der Waals surface area contributed by atoms with Crippen LogP contribution in [0.1, 0.15) is 208 Å². The van der Waals surface area contributed by atoms with Crippen LogP contribution < -0.4 is 0 Å². The minimum Gasteiger partial charge on any atom is -0.462 e. The Balaban J connectivity index is 1.12. The molecule has 3 saturated carbocycles. The summed E-state index contributed by atoms with van der Waals surface area (Å²) in [4.78, 5) is 12.8. The van der Waals surface area contributed by atoms with E-state index < -0.39 is 0 Å². The van der Waals surface area contributed by atoms with E-state index in [1.54, 1.807) is 5.57 Å². The van der Waals surface area contributed by atoms with E-state index in [1.165, 1.54) is 135 Å². The third kappa shape index (κ3) is 10.7. The number of carbonyl (C=O) groups excluding carboxylic acids is 1. The van der Waals surface area contributed by atoms with Gasteiger partial charge in [0.2, 0.25) is 0 Å². The molecule has 0 heterocycles. The van der Waals surface area contributed by atoms with Crippen molar-refractivity contribution >= 4 is 5.97 Å². The predicted molar refractivity (Wildman–Crippen MR) is 207 cm³/mol. The monoisotopic (exact) mass is 665 g/mol. The van der Waals surface area contributed by atoms with Gasteiger partial charge in [0.1, 0.15) is 6.10 Å². The zero-order chi connectivity index (χ0) is 34.4. The van der Waals surface area contributed by atoms with E-state index in [1.807, 2.05) is 0 Å². The number of hydrogen-bond acceptors (Lipinski definition) is 2. The zero-order valence-corrected chi connectivity index (χ0v) is 33.0. The lowest BCUT2D eigenvalue weighted by Crippen LogP contribution is -2.51. The highest BCUT2D eigenvalue weighted by molar-refractivity contribution is 5.69. The van der Waals surface area contributed by atoms with Crippen molar-refractivity contribution in [2.75, 3.05) is 0 Å². The Morgan fingerprint density at radius 2 is 1.50 bits per heavy atom. The topological polar surface area (TPSA) is 26.3 Å². The molecule has 2 heteroatoms. The summed E-state index contributed by atoms with van der Waals surface area (Å²) in [5.41, 5.74) is 2.52. The molecule has 0 aliphatic heterocycles. The summed E-state index contributed by atoms with van der Waals surface area (Å²) in [6, 6.07) is 0. The lowest BCUT2D eigenvalue weighted by molar-refractivity contribution is -0.151. The maximum Gasteiger partial charge on any atom is 0.306 e. The Bertz CT molecular complexity index is 994. The normalized spacial score (nSPS) is 32.7. The second kappa shape index (κ2) is 20.1. The average Bonchev–Trinajstić information content (AvgIpc) is 3.44. The van der Waals surface area contributed by atoms with Gasteiger partial charge in [-0.2, -0.15) is 0 Å². The number of esters is 1. The second-order valence-electron chi connectivity index (χ2n) is 18.1. The van der Waals surface area contributed by atoms with Gasteiger partial charge in [-0.25, -0.2) is 0 Å². The highest BCUT2D eigenvalue weighted by Crippen LogP contribution is 2.67. The average molecular weight is 665 g/mol. The van der Waals surface area contributed by atoms with Gasteiger partial charge in [0, 0.05) is 12.8 Å². The SMILES string of the molecule is CCCCCCCC/C=C\CCCCCCCC(=O)O[C@H]1CC[C@@]2(C)C(=CC[C@H]3[C@@H]4CC[C@H]([C@H](C)CCCC(C)CC)[C@@]4(C)CC[C@@H]32)C1. The molecule has 4 aliphatic carbocycles. The van der Waals surface area contributed by atoms with Gasteiger partial charge in [-0.05, 0) is 123 Å². The van der Waals surface area contributed by atoms with Crippen LogP contribution in [0.25, 0.3) is 0 Å². The molecule has 0 saturated heterocycles. The maximum absolute atomic E-state index is 12.8. The summed E-state index contributed by atoms with van der Waals surface area (Å²) in [7, 11) is 0. The van der Waals surface area contributed by atoms with E-state index in [9.17, 15) is 4.79 Å². The van der Waals surface area contributed by atoms with Crippen LogP contribution in [0, 0.1) is 46.3 Å². The molecule has 1 unspecified atom stereocenters. The molecular formula is C46H80O2. The molecule has 0 radical (unpaired) electrons. The van der Waals surface area contributed by atoms with Crippen molar-refractivity contribution in [2.45, 2.75) is 215 Å².